The number of rotatable bonds is 4. The maximum Gasteiger partial charge on any atom is 0.214 e. The summed E-state index contributed by atoms with van der Waals surface area (Å²) < 4.78 is 2.01. The molecule has 0 unspecified atom stereocenters. The molecule has 29 heavy (non-hydrogen) atoms. The van der Waals surface area contributed by atoms with Gasteiger partial charge in [-0.2, -0.15) is 0 Å². The van der Waals surface area contributed by atoms with Crippen molar-refractivity contribution in [3.63, 3.8) is 0 Å². The van der Waals surface area contributed by atoms with Crippen molar-refractivity contribution in [3.8, 4) is 11.3 Å². The van der Waals surface area contributed by atoms with Crippen LogP contribution in [0.15, 0.2) is 30.5 Å². The van der Waals surface area contributed by atoms with Crippen LogP contribution in [0, 0.1) is 12.8 Å². The van der Waals surface area contributed by atoms with Gasteiger partial charge in [0.25, 0.3) is 0 Å². The molecule has 0 atom stereocenters. The molecule has 2 aromatic heterocycles. The minimum absolute atomic E-state index is 0.873. The second-order valence-corrected chi connectivity index (χ2v) is 9.56. The summed E-state index contributed by atoms with van der Waals surface area (Å²) in [6, 6.07) is 8.59. The van der Waals surface area contributed by atoms with E-state index in [0.29, 0.717) is 0 Å². The number of benzene rings is 1. The lowest BCUT2D eigenvalue weighted by Crippen LogP contribution is -2.48. The minimum Gasteiger partial charge on any atom is -0.344 e. The van der Waals surface area contributed by atoms with Gasteiger partial charge >= 0.3 is 0 Å². The molecular formula is C22H30N6S. The third-order valence-electron chi connectivity index (χ3n) is 6.42. The van der Waals surface area contributed by atoms with Crippen LogP contribution in [-0.4, -0.2) is 77.3 Å². The average molecular weight is 411 g/mol. The van der Waals surface area contributed by atoms with E-state index in [0.717, 1.165) is 47.9 Å². The van der Waals surface area contributed by atoms with Gasteiger partial charge in [0.2, 0.25) is 10.1 Å². The average Bonchev–Trinajstić information content (AvgIpc) is 3.32. The highest BCUT2D eigenvalue weighted by molar-refractivity contribution is 7.20. The van der Waals surface area contributed by atoms with Crippen molar-refractivity contribution in [3.05, 3.63) is 36.0 Å². The Morgan fingerprint density at radius 3 is 2.45 bits per heavy atom. The lowest BCUT2D eigenvalue weighted by molar-refractivity contribution is 0.155. The summed E-state index contributed by atoms with van der Waals surface area (Å²) in [5, 5.41) is 6.02. The Morgan fingerprint density at radius 2 is 1.72 bits per heavy atom. The molecule has 2 saturated heterocycles. The third-order valence-corrected chi connectivity index (χ3v) is 7.40. The van der Waals surface area contributed by atoms with Crippen LogP contribution >= 0.6 is 11.3 Å². The lowest BCUT2D eigenvalue weighted by Gasteiger charge is -2.38. The summed E-state index contributed by atoms with van der Waals surface area (Å²) in [6.45, 7) is 10.3. The highest BCUT2D eigenvalue weighted by Crippen LogP contribution is 2.29. The highest BCUT2D eigenvalue weighted by atomic mass is 32.1. The molecule has 1 aromatic carbocycles. The van der Waals surface area contributed by atoms with Gasteiger partial charge in [0.05, 0.1) is 11.9 Å². The van der Waals surface area contributed by atoms with Crippen molar-refractivity contribution in [1.29, 1.82) is 0 Å². The van der Waals surface area contributed by atoms with Crippen LogP contribution in [0.3, 0.4) is 0 Å². The van der Waals surface area contributed by atoms with Crippen molar-refractivity contribution in [2.75, 3.05) is 57.8 Å². The van der Waals surface area contributed by atoms with Crippen LogP contribution in [-0.2, 0) is 0 Å². The molecule has 154 valence electrons. The largest absolute Gasteiger partial charge is 0.344 e. The maximum atomic E-state index is 4.92. The fourth-order valence-electron chi connectivity index (χ4n) is 4.46. The van der Waals surface area contributed by atoms with E-state index in [1.54, 1.807) is 11.3 Å². The van der Waals surface area contributed by atoms with Crippen molar-refractivity contribution in [1.82, 2.24) is 24.4 Å². The Kier molecular flexibility index (Phi) is 5.28. The molecule has 0 N–H and O–H groups in total. The van der Waals surface area contributed by atoms with Crippen LogP contribution in [0.4, 0.5) is 5.13 Å². The van der Waals surface area contributed by atoms with E-state index in [-0.39, 0.29) is 0 Å². The van der Waals surface area contributed by atoms with E-state index in [9.17, 15) is 0 Å². The summed E-state index contributed by atoms with van der Waals surface area (Å²) in [7, 11) is 2.24. The smallest absolute Gasteiger partial charge is 0.214 e. The van der Waals surface area contributed by atoms with Crippen molar-refractivity contribution < 1.29 is 0 Å². The number of aryl methyl sites for hydroxylation is 1. The lowest BCUT2D eigenvalue weighted by atomic mass is 9.96. The summed E-state index contributed by atoms with van der Waals surface area (Å²) in [5.74, 6) is 0.873. The second kappa shape index (κ2) is 8.05. The van der Waals surface area contributed by atoms with Gasteiger partial charge in [0.1, 0.15) is 0 Å². The summed E-state index contributed by atoms with van der Waals surface area (Å²) in [6.07, 6.45) is 4.64. The molecule has 6 nitrogen and oxygen atoms in total. The maximum absolute atomic E-state index is 4.92. The molecule has 0 bridgehead atoms. The van der Waals surface area contributed by atoms with Gasteiger partial charge in [-0.15, -0.1) is 5.10 Å². The molecule has 2 fully saturated rings. The number of piperazine rings is 1. The highest BCUT2D eigenvalue weighted by Gasteiger charge is 2.24. The van der Waals surface area contributed by atoms with E-state index in [4.69, 9.17) is 5.10 Å². The van der Waals surface area contributed by atoms with Crippen molar-refractivity contribution >= 4 is 21.4 Å². The molecule has 0 saturated carbocycles. The molecule has 0 radical (unpaired) electrons. The number of anilines is 1. The zero-order valence-electron chi connectivity index (χ0n) is 17.4. The van der Waals surface area contributed by atoms with E-state index >= 15 is 0 Å². The normalized spacial score (nSPS) is 20.0. The number of imidazole rings is 1. The first-order valence-electron chi connectivity index (χ1n) is 10.7. The van der Waals surface area contributed by atoms with Gasteiger partial charge in [0, 0.05) is 38.3 Å². The Hall–Kier alpha value is -1.96. The number of hydrogen-bond acceptors (Lipinski definition) is 6. The van der Waals surface area contributed by atoms with Crippen LogP contribution in [0.25, 0.3) is 16.2 Å². The molecule has 0 amide bonds. The Bertz CT molecular complexity index is 946. The zero-order chi connectivity index (χ0) is 19.8. The number of hydrogen-bond donors (Lipinski definition) is 0. The fraction of sp³-hybridized carbons (Fsp3) is 0.545. The SMILES string of the molecule is Cc1ccc(-c2cnc3sc(N4CCN(CC5CCN(C)CC5)CC4)nn23)cc1. The van der Waals surface area contributed by atoms with Gasteiger partial charge in [-0.1, -0.05) is 41.2 Å². The zero-order valence-corrected chi connectivity index (χ0v) is 18.2. The van der Waals surface area contributed by atoms with E-state index in [1.807, 2.05) is 10.7 Å². The molecule has 2 aliphatic rings. The molecule has 2 aliphatic heterocycles. The number of likely N-dealkylation sites (tertiary alicyclic amines) is 1. The van der Waals surface area contributed by atoms with Gasteiger partial charge in [0.15, 0.2) is 0 Å². The number of fused-ring (bicyclic) bond motifs is 1. The molecular weight excluding hydrogens is 380 g/mol. The number of aromatic nitrogens is 3. The van der Waals surface area contributed by atoms with Gasteiger partial charge in [-0.25, -0.2) is 9.50 Å². The van der Waals surface area contributed by atoms with E-state index in [2.05, 4.69) is 57.9 Å². The number of nitrogens with zero attached hydrogens (tertiary/aromatic N) is 6. The minimum atomic E-state index is 0.873. The molecule has 5 rings (SSSR count). The standard InChI is InChI=1S/C22H30N6S/c1-17-3-5-19(6-4-17)20-15-23-21-28(20)24-22(29-21)27-13-11-26(12-14-27)16-18-7-9-25(2)10-8-18/h3-6,15,18H,7-14,16H2,1-2H3. The molecule has 4 heterocycles. The Morgan fingerprint density at radius 1 is 1.00 bits per heavy atom. The van der Waals surface area contributed by atoms with Gasteiger partial charge in [-0.3, -0.25) is 4.90 Å². The van der Waals surface area contributed by atoms with Gasteiger partial charge < -0.3 is 9.80 Å². The molecule has 0 aliphatic carbocycles. The van der Waals surface area contributed by atoms with Crippen LogP contribution in [0.5, 0.6) is 0 Å². The quantitative estimate of drug-likeness (QED) is 0.660. The summed E-state index contributed by atoms with van der Waals surface area (Å²) in [5.41, 5.74) is 3.51. The van der Waals surface area contributed by atoms with E-state index in [1.165, 1.54) is 43.6 Å². The van der Waals surface area contributed by atoms with E-state index < -0.39 is 0 Å². The molecule has 3 aromatic rings. The first-order chi connectivity index (χ1) is 14.2. The van der Waals surface area contributed by atoms with Crippen LogP contribution < -0.4 is 4.90 Å². The molecule has 7 heteroatoms. The summed E-state index contributed by atoms with van der Waals surface area (Å²) in [4.78, 5) is 13.1. The first-order valence-corrected chi connectivity index (χ1v) is 11.5. The Balaban J connectivity index is 1.23. The Labute approximate surface area is 176 Å². The summed E-state index contributed by atoms with van der Waals surface area (Å²) >= 11 is 1.70. The van der Waals surface area contributed by atoms with Gasteiger partial charge in [-0.05, 0) is 45.8 Å². The van der Waals surface area contributed by atoms with Crippen molar-refractivity contribution in [2.24, 2.45) is 5.92 Å². The first kappa shape index (κ1) is 19.0. The third kappa shape index (κ3) is 4.04. The second-order valence-electron chi connectivity index (χ2n) is 8.62. The fourth-order valence-corrected chi connectivity index (χ4v) is 5.39. The predicted molar refractivity (Wildman–Crippen MR) is 120 cm³/mol. The number of piperidine rings is 1. The topological polar surface area (TPSA) is 39.9 Å². The van der Waals surface area contributed by atoms with Crippen LogP contribution in [0.1, 0.15) is 18.4 Å². The predicted octanol–water partition coefficient (Wildman–Crippen LogP) is 3.23. The monoisotopic (exact) mass is 410 g/mol. The van der Waals surface area contributed by atoms with Crippen molar-refractivity contribution in [2.45, 2.75) is 19.8 Å². The van der Waals surface area contributed by atoms with Crippen LogP contribution in [0.2, 0.25) is 0 Å². The molecule has 0 spiro atoms.